The topological polar surface area (TPSA) is 66.5 Å². The molecule has 0 aliphatic carbocycles. The lowest BCUT2D eigenvalue weighted by atomic mass is 10.1. The minimum Gasteiger partial charge on any atom is -0.302 e. The maximum absolute atomic E-state index is 12.4. The predicted octanol–water partition coefficient (Wildman–Crippen LogP) is 3.38. The number of carbonyl (C=O) groups excluding carboxylic acids is 1. The summed E-state index contributed by atoms with van der Waals surface area (Å²) in [6, 6.07) is 10.5. The van der Waals surface area contributed by atoms with Gasteiger partial charge in [-0.3, -0.25) is 4.79 Å². The van der Waals surface area contributed by atoms with Gasteiger partial charge in [-0.25, -0.2) is 13.1 Å². The summed E-state index contributed by atoms with van der Waals surface area (Å²) in [5, 5.41) is 0. The maximum atomic E-state index is 12.4. The number of Topliss-reactive ketones (excluding diaryl/α,β-unsaturated/α-hetero) is 1. The third-order valence-electron chi connectivity index (χ3n) is 4.57. The van der Waals surface area contributed by atoms with Gasteiger partial charge in [0.1, 0.15) is 0 Å². The molecule has 1 aliphatic rings. The largest absolute Gasteiger partial charge is 0.302 e. The number of piperidine rings is 1. The second-order valence-electron chi connectivity index (χ2n) is 6.54. The molecule has 1 aromatic heterocycles. The van der Waals surface area contributed by atoms with Gasteiger partial charge in [0.25, 0.3) is 0 Å². The molecule has 0 bridgehead atoms. The van der Waals surface area contributed by atoms with Crippen molar-refractivity contribution in [1.82, 2.24) is 9.62 Å². The first kappa shape index (κ1) is 19.2. The zero-order chi connectivity index (χ0) is 18.6. The molecule has 26 heavy (non-hydrogen) atoms. The van der Waals surface area contributed by atoms with Gasteiger partial charge >= 0.3 is 0 Å². The highest BCUT2D eigenvalue weighted by atomic mass is 32.2. The average Bonchev–Trinajstić information content (AvgIpc) is 3.13. The molecule has 0 amide bonds. The van der Waals surface area contributed by atoms with Crippen LogP contribution in [0, 0.1) is 0 Å². The number of hydrogen-bond donors (Lipinski definition) is 1. The van der Waals surface area contributed by atoms with E-state index in [1.807, 2.05) is 6.07 Å². The van der Waals surface area contributed by atoms with Crippen molar-refractivity contribution in [3.05, 3.63) is 41.3 Å². The standard InChI is InChI=1S/C19H24N2O3S2/c1-15(22)18-9-10-19(25-18)16-5-7-17(8-6-16)26(23,24)20-11-14-21-12-3-2-4-13-21/h5-10,20H,2-4,11-14H2,1H3. The smallest absolute Gasteiger partial charge is 0.240 e. The second-order valence-corrected chi connectivity index (χ2v) is 9.40. The van der Waals surface area contributed by atoms with Gasteiger partial charge in [-0.2, -0.15) is 0 Å². The van der Waals surface area contributed by atoms with E-state index in [2.05, 4.69) is 9.62 Å². The molecule has 0 atom stereocenters. The lowest BCUT2D eigenvalue weighted by Gasteiger charge is -2.26. The number of hydrogen-bond acceptors (Lipinski definition) is 5. The Hall–Kier alpha value is -1.54. The molecule has 1 N–H and O–H groups in total. The van der Waals surface area contributed by atoms with Gasteiger partial charge in [0.15, 0.2) is 5.78 Å². The number of thiophene rings is 1. The molecule has 7 heteroatoms. The minimum atomic E-state index is -3.50. The molecule has 1 fully saturated rings. The van der Waals surface area contributed by atoms with E-state index in [1.165, 1.54) is 30.6 Å². The van der Waals surface area contributed by atoms with Crippen LogP contribution in [0.4, 0.5) is 0 Å². The fraction of sp³-hybridized carbons (Fsp3) is 0.421. The third-order valence-corrected chi connectivity index (χ3v) is 7.28. The van der Waals surface area contributed by atoms with Crippen molar-refractivity contribution in [3.63, 3.8) is 0 Å². The van der Waals surface area contributed by atoms with Crippen molar-refractivity contribution in [1.29, 1.82) is 0 Å². The van der Waals surface area contributed by atoms with Gasteiger partial charge in [0.2, 0.25) is 10.0 Å². The molecular formula is C19H24N2O3S2. The first-order valence-electron chi connectivity index (χ1n) is 8.89. The van der Waals surface area contributed by atoms with Crippen LogP contribution in [-0.2, 0) is 10.0 Å². The molecule has 0 saturated carbocycles. The number of rotatable bonds is 7. The Morgan fingerprint density at radius 1 is 1.08 bits per heavy atom. The Bertz CT molecular complexity index is 851. The summed E-state index contributed by atoms with van der Waals surface area (Å²) in [7, 11) is -3.50. The van der Waals surface area contributed by atoms with Crippen LogP contribution < -0.4 is 4.72 Å². The molecule has 5 nitrogen and oxygen atoms in total. The number of sulfonamides is 1. The molecular weight excluding hydrogens is 368 g/mol. The summed E-state index contributed by atoms with van der Waals surface area (Å²) in [5.74, 6) is 0.0401. The van der Waals surface area contributed by atoms with Crippen molar-refractivity contribution >= 4 is 27.1 Å². The third kappa shape index (κ3) is 4.79. The van der Waals surface area contributed by atoms with Gasteiger partial charge in [0.05, 0.1) is 9.77 Å². The van der Waals surface area contributed by atoms with E-state index in [0.29, 0.717) is 11.4 Å². The summed E-state index contributed by atoms with van der Waals surface area (Å²) >= 11 is 1.42. The van der Waals surface area contributed by atoms with E-state index in [1.54, 1.807) is 37.3 Å². The van der Waals surface area contributed by atoms with Crippen LogP contribution in [0.15, 0.2) is 41.3 Å². The Balaban J connectivity index is 1.61. The predicted molar refractivity (Wildman–Crippen MR) is 105 cm³/mol. The number of nitrogens with zero attached hydrogens (tertiary/aromatic N) is 1. The molecule has 1 saturated heterocycles. The van der Waals surface area contributed by atoms with E-state index in [0.717, 1.165) is 30.1 Å². The Morgan fingerprint density at radius 2 is 1.77 bits per heavy atom. The van der Waals surface area contributed by atoms with Crippen molar-refractivity contribution in [2.45, 2.75) is 31.1 Å². The summed E-state index contributed by atoms with van der Waals surface area (Å²) in [4.78, 5) is 15.6. The highest BCUT2D eigenvalue weighted by Crippen LogP contribution is 2.29. The van der Waals surface area contributed by atoms with Gasteiger partial charge in [-0.1, -0.05) is 18.6 Å². The fourth-order valence-corrected chi connectivity index (χ4v) is 5.01. The Kier molecular flexibility index (Phi) is 6.24. The van der Waals surface area contributed by atoms with Gasteiger partial charge in [-0.15, -0.1) is 11.3 Å². The number of benzene rings is 1. The van der Waals surface area contributed by atoms with Crippen molar-refractivity contribution in [3.8, 4) is 10.4 Å². The van der Waals surface area contributed by atoms with E-state index in [9.17, 15) is 13.2 Å². The molecule has 140 valence electrons. The van der Waals surface area contributed by atoms with Crippen LogP contribution in [0.5, 0.6) is 0 Å². The van der Waals surface area contributed by atoms with Crippen molar-refractivity contribution in [2.75, 3.05) is 26.2 Å². The molecule has 0 unspecified atom stereocenters. The van der Waals surface area contributed by atoms with Crippen molar-refractivity contribution in [2.24, 2.45) is 0 Å². The fourth-order valence-electron chi connectivity index (χ4n) is 3.09. The Labute approximate surface area is 159 Å². The molecule has 1 aliphatic heterocycles. The van der Waals surface area contributed by atoms with Gasteiger partial charge < -0.3 is 4.90 Å². The van der Waals surface area contributed by atoms with Gasteiger partial charge in [0, 0.05) is 18.0 Å². The quantitative estimate of drug-likeness (QED) is 0.734. The monoisotopic (exact) mass is 392 g/mol. The minimum absolute atomic E-state index is 0.0401. The van der Waals surface area contributed by atoms with Crippen LogP contribution in [0.25, 0.3) is 10.4 Å². The molecule has 0 spiro atoms. The Morgan fingerprint density at radius 3 is 2.38 bits per heavy atom. The molecule has 2 heterocycles. The van der Waals surface area contributed by atoms with Crippen LogP contribution in [0.3, 0.4) is 0 Å². The number of carbonyl (C=O) groups is 1. The highest BCUT2D eigenvalue weighted by Gasteiger charge is 2.16. The first-order valence-corrected chi connectivity index (χ1v) is 11.2. The summed E-state index contributed by atoms with van der Waals surface area (Å²) in [5.41, 5.74) is 0.912. The second kappa shape index (κ2) is 8.43. The summed E-state index contributed by atoms with van der Waals surface area (Å²) in [6.07, 6.45) is 3.66. The molecule has 1 aromatic carbocycles. The highest BCUT2D eigenvalue weighted by molar-refractivity contribution is 7.89. The normalized spacial score (nSPS) is 15.9. The molecule has 2 aromatic rings. The summed E-state index contributed by atoms with van der Waals surface area (Å²) < 4.78 is 27.6. The zero-order valence-electron chi connectivity index (χ0n) is 14.9. The van der Waals surface area contributed by atoms with Crippen LogP contribution in [-0.4, -0.2) is 45.3 Å². The lowest BCUT2D eigenvalue weighted by Crippen LogP contribution is -2.37. The van der Waals surface area contributed by atoms with Crippen molar-refractivity contribution < 1.29 is 13.2 Å². The SMILES string of the molecule is CC(=O)c1ccc(-c2ccc(S(=O)(=O)NCCN3CCCCC3)cc2)s1. The van der Waals surface area contributed by atoms with E-state index in [-0.39, 0.29) is 10.7 Å². The van der Waals surface area contributed by atoms with Gasteiger partial charge in [-0.05, 0) is 62.7 Å². The van der Waals surface area contributed by atoms with E-state index >= 15 is 0 Å². The number of nitrogens with one attached hydrogen (secondary N) is 1. The molecule has 0 radical (unpaired) electrons. The zero-order valence-corrected chi connectivity index (χ0v) is 16.5. The molecule has 3 rings (SSSR count). The van der Waals surface area contributed by atoms with E-state index in [4.69, 9.17) is 0 Å². The van der Waals surface area contributed by atoms with Crippen LogP contribution >= 0.6 is 11.3 Å². The van der Waals surface area contributed by atoms with Crippen LogP contribution in [0.1, 0.15) is 35.9 Å². The lowest BCUT2D eigenvalue weighted by molar-refractivity contribution is 0.102. The first-order chi connectivity index (χ1) is 12.5. The van der Waals surface area contributed by atoms with E-state index < -0.39 is 10.0 Å². The van der Waals surface area contributed by atoms with Crippen LogP contribution in [0.2, 0.25) is 0 Å². The average molecular weight is 393 g/mol. The summed E-state index contributed by atoms with van der Waals surface area (Å²) in [6.45, 7) is 4.83. The number of likely N-dealkylation sites (tertiary alicyclic amines) is 1. The number of ketones is 1. The maximum Gasteiger partial charge on any atom is 0.240 e.